The van der Waals surface area contributed by atoms with E-state index < -0.39 is 8.07 Å². The molecule has 0 spiro atoms. The largest absolute Gasteiger partial charge is 0.327 e. The van der Waals surface area contributed by atoms with E-state index in [1.807, 2.05) is 0 Å². The van der Waals surface area contributed by atoms with Gasteiger partial charge in [-0.2, -0.15) is 0 Å². The lowest BCUT2D eigenvalue weighted by Gasteiger charge is -2.14. The third kappa shape index (κ3) is 6.62. The lowest BCUT2D eigenvalue weighted by Crippen LogP contribution is -2.25. The monoisotopic (exact) mass is 185 g/mol. The predicted octanol–water partition coefficient (Wildman–Crippen LogP) is 2.79. The average molecular weight is 185 g/mol. The fraction of sp³-hybridized carbons (Fsp3) is 0.800. The summed E-state index contributed by atoms with van der Waals surface area (Å²) in [7, 11) is -0.995. The zero-order valence-corrected chi connectivity index (χ0v) is 10.1. The Morgan fingerprint density at radius 1 is 1.25 bits per heavy atom. The van der Waals surface area contributed by atoms with Crippen molar-refractivity contribution in [3.63, 3.8) is 0 Å². The Kier molecular flexibility index (Phi) is 4.79. The molecule has 2 heteroatoms. The standard InChI is InChI=1S/C10H23NSi/c1-9(2)10(11)7-6-8-12(3,4)5/h6,8-10H,7,11H2,1-5H3/b8-6+/t10-/m0/s1. The first-order valence-electron chi connectivity index (χ1n) is 4.76. The van der Waals surface area contributed by atoms with Crippen LogP contribution in [0, 0.1) is 5.92 Å². The molecule has 0 aromatic rings. The molecule has 0 aliphatic carbocycles. The quantitative estimate of drug-likeness (QED) is 0.670. The van der Waals surface area contributed by atoms with E-state index in [0.717, 1.165) is 6.42 Å². The summed E-state index contributed by atoms with van der Waals surface area (Å²) in [6.45, 7) is 11.4. The summed E-state index contributed by atoms with van der Waals surface area (Å²) in [4.78, 5) is 0. The van der Waals surface area contributed by atoms with Crippen LogP contribution >= 0.6 is 0 Å². The highest BCUT2D eigenvalue weighted by molar-refractivity contribution is 6.80. The molecule has 0 saturated heterocycles. The van der Waals surface area contributed by atoms with Crippen LogP contribution in [-0.4, -0.2) is 14.1 Å². The molecule has 0 unspecified atom stereocenters. The van der Waals surface area contributed by atoms with Gasteiger partial charge in [0.25, 0.3) is 0 Å². The topological polar surface area (TPSA) is 26.0 Å². The van der Waals surface area contributed by atoms with E-state index in [1.165, 1.54) is 0 Å². The third-order valence-corrected chi connectivity index (χ3v) is 3.12. The Morgan fingerprint density at radius 2 is 1.75 bits per heavy atom. The molecule has 0 aliphatic rings. The van der Waals surface area contributed by atoms with Crippen LogP contribution in [0.4, 0.5) is 0 Å². The van der Waals surface area contributed by atoms with Crippen LogP contribution in [0.1, 0.15) is 20.3 Å². The van der Waals surface area contributed by atoms with E-state index in [0.29, 0.717) is 12.0 Å². The number of nitrogens with two attached hydrogens (primary N) is 1. The van der Waals surface area contributed by atoms with Crippen molar-refractivity contribution in [1.82, 2.24) is 0 Å². The fourth-order valence-electron chi connectivity index (χ4n) is 0.851. The van der Waals surface area contributed by atoms with Crippen LogP contribution in [0.3, 0.4) is 0 Å². The van der Waals surface area contributed by atoms with Crippen molar-refractivity contribution in [2.45, 2.75) is 46.0 Å². The maximum Gasteiger partial charge on any atom is 0.0682 e. The first-order valence-corrected chi connectivity index (χ1v) is 8.34. The molecule has 0 rings (SSSR count). The summed E-state index contributed by atoms with van der Waals surface area (Å²) < 4.78 is 0. The molecule has 0 aromatic heterocycles. The van der Waals surface area contributed by atoms with Gasteiger partial charge in [0.2, 0.25) is 0 Å². The summed E-state index contributed by atoms with van der Waals surface area (Å²) in [6.07, 6.45) is 3.29. The van der Waals surface area contributed by atoms with Gasteiger partial charge in [0.05, 0.1) is 8.07 Å². The van der Waals surface area contributed by atoms with Gasteiger partial charge in [-0.05, 0) is 12.3 Å². The summed E-state index contributed by atoms with van der Waals surface area (Å²) in [5.74, 6) is 0.594. The SMILES string of the molecule is CC(C)[C@@H](N)C/C=C/[Si](C)(C)C. The highest BCUT2D eigenvalue weighted by Crippen LogP contribution is 2.07. The van der Waals surface area contributed by atoms with Gasteiger partial charge in [0.1, 0.15) is 0 Å². The van der Waals surface area contributed by atoms with E-state index in [4.69, 9.17) is 5.73 Å². The Hall–Kier alpha value is -0.0831. The van der Waals surface area contributed by atoms with Crippen molar-refractivity contribution >= 4 is 8.07 Å². The summed E-state index contributed by atoms with van der Waals surface area (Å²) in [5, 5.41) is 0. The zero-order valence-electron chi connectivity index (χ0n) is 9.09. The smallest absolute Gasteiger partial charge is 0.0682 e. The molecule has 0 bridgehead atoms. The maximum absolute atomic E-state index is 5.91. The van der Waals surface area contributed by atoms with Crippen LogP contribution in [0.15, 0.2) is 11.8 Å². The molecule has 72 valence electrons. The molecule has 0 fully saturated rings. The van der Waals surface area contributed by atoms with Gasteiger partial charge in [0.15, 0.2) is 0 Å². The molecular formula is C10H23NSi. The van der Waals surface area contributed by atoms with E-state index in [1.54, 1.807) is 0 Å². The highest BCUT2D eigenvalue weighted by atomic mass is 28.3. The van der Waals surface area contributed by atoms with Crippen molar-refractivity contribution in [3.8, 4) is 0 Å². The van der Waals surface area contributed by atoms with Crippen molar-refractivity contribution in [2.75, 3.05) is 0 Å². The second-order valence-corrected chi connectivity index (χ2v) is 9.98. The first-order chi connectivity index (χ1) is 5.33. The lowest BCUT2D eigenvalue weighted by molar-refractivity contribution is 0.497. The zero-order chi connectivity index (χ0) is 9.78. The molecule has 0 aromatic carbocycles. The van der Waals surface area contributed by atoms with Gasteiger partial charge >= 0.3 is 0 Å². The predicted molar refractivity (Wildman–Crippen MR) is 59.9 cm³/mol. The Labute approximate surface area is 78.1 Å². The minimum atomic E-state index is -0.995. The highest BCUT2D eigenvalue weighted by Gasteiger charge is 2.08. The Balaban J connectivity index is 3.75. The second-order valence-electron chi connectivity index (χ2n) is 4.91. The summed E-state index contributed by atoms with van der Waals surface area (Å²) >= 11 is 0. The molecule has 2 N–H and O–H groups in total. The fourth-order valence-corrected chi connectivity index (χ4v) is 1.69. The van der Waals surface area contributed by atoms with Crippen LogP contribution < -0.4 is 5.73 Å². The molecule has 0 heterocycles. The van der Waals surface area contributed by atoms with Gasteiger partial charge in [-0.15, -0.1) is 0 Å². The minimum Gasteiger partial charge on any atom is -0.327 e. The van der Waals surface area contributed by atoms with Gasteiger partial charge in [0, 0.05) is 6.04 Å². The molecule has 1 nitrogen and oxygen atoms in total. The van der Waals surface area contributed by atoms with Crippen LogP contribution in [-0.2, 0) is 0 Å². The normalized spacial score (nSPS) is 15.9. The summed E-state index contributed by atoms with van der Waals surface area (Å²) in [6, 6.07) is 0.331. The molecule has 0 amide bonds. The van der Waals surface area contributed by atoms with Crippen LogP contribution in [0.2, 0.25) is 19.6 Å². The molecular weight excluding hydrogens is 162 g/mol. The van der Waals surface area contributed by atoms with E-state index >= 15 is 0 Å². The van der Waals surface area contributed by atoms with E-state index in [-0.39, 0.29) is 0 Å². The van der Waals surface area contributed by atoms with Crippen molar-refractivity contribution < 1.29 is 0 Å². The number of hydrogen-bond acceptors (Lipinski definition) is 1. The molecule has 12 heavy (non-hydrogen) atoms. The van der Waals surface area contributed by atoms with Gasteiger partial charge in [-0.1, -0.05) is 45.3 Å². The van der Waals surface area contributed by atoms with Gasteiger partial charge in [-0.25, -0.2) is 0 Å². The van der Waals surface area contributed by atoms with Crippen LogP contribution in [0.25, 0.3) is 0 Å². The first kappa shape index (κ1) is 11.9. The number of rotatable bonds is 4. The molecule has 0 aliphatic heterocycles. The Bertz CT molecular complexity index is 144. The molecule has 1 atom stereocenters. The van der Waals surface area contributed by atoms with E-state index in [2.05, 4.69) is 45.3 Å². The molecule has 0 radical (unpaired) electrons. The van der Waals surface area contributed by atoms with E-state index in [9.17, 15) is 0 Å². The van der Waals surface area contributed by atoms with Gasteiger partial charge < -0.3 is 5.73 Å². The average Bonchev–Trinajstić information content (AvgIpc) is 1.84. The van der Waals surface area contributed by atoms with Crippen molar-refractivity contribution in [3.05, 3.63) is 11.8 Å². The summed E-state index contributed by atoms with van der Waals surface area (Å²) in [5.41, 5.74) is 8.28. The Morgan fingerprint density at radius 3 is 2.08 bits per heavy atom. The second kappa shape index (κ2) is 4.82. The maximum atomic E-state index is 5.91. The van der Waals surface area contributed by atoms with Crippen molar-refractivity contribution in [2.24, 2.45) is 11.7 Å². The van der Waals surface area contributed by atoms with Crippen molar-refractivity contribution in [1.29, 1.82) is 0 Å². The lowest BCUT2D eigenvalue weighted by atomic mass is 10.0. The van der Waals surface area contributed by atoms with Crippen LogP contribution in [0.5, 0.6) is 0 Å². The van der Waals surface area contributed by atoms with Gasteiger partial charge in [-0.3, -0.25) is 0 Å². The molecule has 0 saturated carbocycles. The third-order valence-electron chi connectivity index (χ3n) is 1.88. The minimum absolute atomic E-state index is 0.331. The number of hydrogen-bond donors (Lipinski definition) is 1.